The first kappa shape index (κ1) is 17.3. The molecule has 0 spiro atoms. The summed E-state index contributed by atoms with van der Waals surface area (Å²) in [7, 11) is 0. The fourth-order valence-electron chi connectivity index (χ4n) is 2.76. The minimum absolute atomic E-state index is 0.0178. The second-order valence-corrected chi connectivity index (χ2v) is 6.16. The number of anilines is 2. The maximum Gasteiger partial charge on any atom is 0.269 e. The van der Waals surface area contributed by atoms with E-state index in [-0.39, 0.29) is 5.69 Å². The predicted molar refractivity (Wildman–Crippen MR) is 106 cm³/mol. The molecule has 0 saturated carbocycles. The number of hydrogen-bond donors (Lipinski definition) is 1. The molecular weight excluding hydrogens is 356 g/mol. The highest BCUT2D eigenvalue weighted by Gasteiger charge is 2.17. The summed E-state index contributed by atoms with van der Waals surface area (Å²) in [5.41, 5.74) is 3.35. The van der Waals surface area contributed by atoms with Crippen LogP contribution in [-0.4, -0.2) is 24.7 Å². The van der Waals surface area contributed by atoms with Gasteiger partial charge in [-0.2, -0.15) is 0 Å². The number of rotatable bonds is 5. The lowest BCUT2D eigenvalue weighted by Gasteiger charge is -2.11. The molecule has 0 radical (unpaired) electrons. The topological polar surface area (TPSA) is 98.8 Å². The minimum atomic E-state index is -0.429. The van der Waals surface area contributed by atoms with Crippen LogP contribution in [0, 0.1) is 17.0 Å². The van der Waals surface area contributed by atoms with E-state index in [0.29, 0.717) is 23.2 Å². The number of aryl methyl sites for hydroxylation is 1. The van der Waals surface area contributed by atoms with Crippen LogP contribution in [0.1, 0.15) is 5.56 Å². The van der Waals surface area contributed by atoms with Crippen LogP contribution < -0.4 is 5.32 Å². The van der Waals surface area contributed by atoms with Gasteiger partial charge in [0.1, 0.15) is 5.69 Å². The fraction of sp³-hybridized carbons (Fsp3) is 0.0500. The van der Waals surface area contributed by atoms with Gasteiger partial charge >= 0.3 is 0 Å². The second-order valence-electron chi connectivity index (χ2n) is 6.16. The highest BCUT2D eigenvalue weighted by atomic mass is 16.6. The van der Waals surface area contributed by atoms with Crippen molar-refractivity contribution >= 4 is 17.3 Å². The highest BCUT2D eigenvalue weighted by Crippen LogP contribution is 2.27. The second kappa shape index (κ2) is 7.28. The van der Waals surface area contributed by atoms with Gasteiger partial charge in [-0.25, -0.2) is 0 Å². The average Bonchev–Trinajstić information content (AvgIpc) is 3.14. The molecule has 28 heavy (non-hydrogen) atoms. The molecule has 0 fully saturated rings. The summed E-state index contributed by atoms with van der Waals surface area (Å²) in [4.78, 5) is 14.9. The molecule has 138 valence electrons. The number of pyridine rings is 1. The third kappa shape index (κ3) is 3.43. The number of nitro benzene ring substituents is 1. The van der Waals surface area contributed by atoms with Crippen molar-refractivity contribution in [2.75, 3.05) is 5.32 Å². The van der Waals surface area contributed by atoms with Crippen LogP contribution in [0.3, 0.4) is 0 Å². The van der Waals surface area contributed by atoms with E-state index in [1.807, 2.05) is 49.4 Å². The Morgan fingerprint density at radius 3 is 2.36 bits per heavy atom. The quantitative estimate of drug-likeness (QED) is 0.414. The van der Waals surface area contributed by atoms with Gasteiger partial charge in [-0.1, -0.05) is 23.8 Å². The molecule has 0 saturated heterocycles. The van der Waals surface area contributed by atoms with Crippen LogP contribution in [0.25, 0.3) is 17.2 Å². The smallest absolute Gasteiger partial charge is 0.269 e. The van der Waals surface area contributed by atoms with Crippen LogP contribution in [0.2, 0.25) is 0 Å². The van der Waals surface area contributed by atoms with E-state index < -0.39 is 4.92 Å². The zero-order valence-electron chi connectivity index (χ0n) is 15.0. The van der Waals surface area contributed by atoms with E-state index >= 15 is 0 Å². The van der Waals surface area contributed by atoms with E-state index in [9.17, 15) is 10.1 Å². The van der Waals surface area contributed by atoms with Crippen molar-refractivity contribution in [1.82, 2.24) is 19.7 Å². The molecule has 0 amide bonds. The minimum Gasteiger partial charge on any atom is -0.324 e. The van der Waals surface area contributed by atoms with Crippen molar-refractivity contribution < 1.29 is 4.92 Å². The van der Waals surface area contributed by atoms with E-state index in [2.05, 4.69) is 20.5 Å². The lowest BCUT2D eigenvalue weighted by molar-refractivity contribution is -0.384. The summed E-state index contributed by atoms with van der Waals surface area (Å²) in [6.07, 6.45) is 1.68. The van der Waals surface area contributed by atoms with Gasteiger partial charge in [0, 0.05) is 24.0 Å². The van der Waals surface area contributed by atoms with Gasteiger partial charge in [0.05, 0.1) is 10.6 Å². The standard InChI is InChI=1S/C20H16N6O2/c1-14-5-7-15(8-6-14)22-20-24-23-19(18-4-2-3-13-21-18)25(20)16-9-11-17(12-10-16)26(27)28/h2-13H,1H3,(H,22,24). The monoisotopic (exact) mass is 372 g/mol. The summed E-state index contributed by atoms with van der Waals surface area (Å²) >= 11 is 0. The SMILES string of the molecule is Cc1ccc(Nc2nnc(-c3ccccn3)n2-c2ccc([N+](=O)[O-])cc2)cc1. The van der Waals surface area contributed by atoms with E-state index in [4.69, 9.17) is 0 Å². The lowest BCUT2D eigenvalue weighted by Crippen LogP contribution is -2.04. The zero-order valence-corrected chi connectivity index (χ0v) is 15.0. The molecule has 8 heteroatoms. The normalized spacial score (nSPS) is 10.6. The van der Waals surface area contributed by atoms with Gasteiger partial charge in [0.2, 0.25) is 5.95 Å². The molecule has 0 bridgehead atoms. The number of benzene rings is 2. The van der Waals surface area contributed by atoms with Gasteiger partial charge in [-0.3, -0.25) is 19.7 Å². The molecule has 2 heterocycles. The fourth-order valence-corrected chi connectivity index (χ4v) is 2.76. The maximum atomic E-state index is 11.0. The Morgan fingerprint density at radius 2 is 1.71 bits per heavy atom. The summed E-state index contributed by atoms with van der Waals surface area (Å²) in [5.74, 6) is 1.02. The summed E-state index contributed by atoms with van der Waals surface area (Å²) in [6.45, 7) is 2.02. The molecule has 4 aromatic rings. The maximum absolute atomic E-state index is 11.0. The summed E-state index contributed by atoms with van der Waals surface area (Å²) in [6, 6.07) is 19.6. The first-order valence-corrected chi connectivity index (χ1v) is 8.57. The van der Waals surface area contributed by atoms with Crippen molar-refractivity contribution in [1.29, 1.82) is 0 Å². The van der Waals surface area contributed by atoms with Crippen molar-refractivity contribution in [3.63, 3.8) is 0 Å². The van der Waals surface area contributed by atoms with E-state index in [1.54, 1.807) is 22.9 Å². The Morgan fingerprint density at radius 1 is 0.964 bits per heavy atom. The number of nitrogens with zero attached hydrogens (tertiary/aromatic N) is 5. The van der Waals surface area contributed by atoms with Gasteiger partial charge in [0.15, 0.2) is 5.82 Å². The Balaban J connectivity index is 1.81. The molecule has 4 rings (SSSR count). The van der Waals surface area contributed by atoms with Gasteiger partial charge in [-0.05, 0) is 43.3 Å². The molecule has 2 aromatic carbocycles. The third-order valence-electron chi connectivity index (χ3n) is 4.18. The average molecular weight is 372 g/mol. The number of nitro groups is 1. The highest BCUT2D eigenvalue weighted by molar-refractivity contribution is 5.63. The Hall–Kier alpha value is -4.07. The lowest BCUT2D eigenvalue weighted by atomic mass is 10.2. The first-order chi connectivity index (χ1) is 13.6. The molecule has 0 aliphatic carbocycles. The van der Waals surface area contributed by atoms with Crippen molar-refractivity contribution in [3.8, 4) is 17.2 Å². The predicted octanol–water partition coefficient (Wildman–Crippen LogP) is 4.29. The number of nitrogens with one attached hydrogen (secondary N) is 1. The van der Waals surface area contributed by atoms with E-state index in [1.165, 1.54) is 12.1 Å². The summed E-state index contributed by atoms with van der Waals surface area (Å²) in [5, 5.41) is 22.8. The van der Waals surface area contributed by atoms with Gasteiger partial charge in [-0.15, -0.1) is 10.2 Å². The number of hydrogen-bond acceptors (Lipinski definition) is 6. The molecule has 0 unspecified atom stereocenters. The Labute approximate surface area is 160 Å². The third-order valence-corrected chi connectivity index (χ3v) is 4.18. The van der Waals surface area contributed by atoms with E-state index in [0.717, 1.165) is 11.3 Å². The first-order valence-electron chi connectivity index (χ1n) is 8.57. The van der Waals surface area contributed by atoms with Crippen LogP contribution in [0.4, 0.5) is 17.3 Å². The number of aromatic nitrogens is 4. The molecule has 2 aromatic heterocycles. The molecule has 1 N–H and O–H groups in total. The van der Waals surface area contributed by atoms with Crippen LogP contribution in [0.15, 0.2) is 72.9 Å². The Bertz CT molecular complexity index is 1110. The molecule has 0 aliphatic rings. The molecule has 0 atom stereocenters. The van der Waals surface area contributed by atoms with Crippen molar-refractivity contribution in [2.24, 2.45) is 0 Å². The van der Waals surface area contributed by atoms with Gasteiger partial charge < -0.3 is 5.32 Å². The van der Waals surface area contributed by atoms with Crippen molar-refractivity contribution in [2.45, 2.75) is 6.92 Å². The molecule has 8 nitrogen and oxygen atoms in total. The van der Waals surface area contributed by atoms with Crippen LogP contribution >= 0.6 is 0 Å². The Kier molecular flexibility index (Phi) is 4.51. The number of non-ortho nitro benzene ring substituents is 1. The largest absolute Gasteiger partial charge is 0.324 e. The van der Waals surface area contributed by atoms with Crippen LogP contribution in [-0.2, 0) is 0 Å². The molecule has 0 aliphatic heterocycles. The zero-order chi connectivity index (χ0) is 19.5. The van der Waals surface area contributed by atoms with Crippen molar-refractivity contribution in [3.05, 3.63) is 88.6 Å². The van der Waals surface area contributed by atoms with Crippen LogP contribution in [0.5, 0.6) is 0 Å². The summed E-state index contributed by atoms with van der Waals surface area (Å²) < 4.78 is 1.78. The molecular formula is C20H16N6O2. The van der Waals surface area contributed by atoms with Gasteiger partial charge in [0.25, 0.3) is 5.69 Å².